The highest BCUT2D eigenvalue weighted by molar-refractivity contribution is 6.29. The van der Waals surface area contributed by atoms with Crippen molar-refractivity contribution in [1.82, 2.24) is 4.98 Å². The van der Waals surface area contributed by atoms with Crippen LogP contribution in [0.1, 0.15) is 42.5 Å². The van der Waals surface area contributed by atoms with E-state index in [1.165, 1.54) is 6.20 Å². The van der Waals surface area contributed by atoms with Gasteiger partial charge in [0.2, 0.25) is 0 Å². The summed E-state index contributed by atoms with van der Waals surface area (Å²) < 4.78 is 0. The van der Waals surface area contributed by atoms with Crippen molar-refractivity contribution < 1.29 is 9.90 Å². The molecule has 5 atom stereocenters. The third-order valence-electron chi connectivity index (χ3n) is 5.75. The molecule has 0 aromatic carbocycles. The Morgan fingerprint density at radius 1 is 1.35 bits per heavy atom. The summed E-state index contributed by atoms with van der Waals surface area (Å²) >= 11 is 5.94. The molecule has 1 amide bonds. The number of hydrogen-bond donors (Lipinski definition) is 2. The minimum Gasteiger partial charge on any atom is -0.390 e. The van der Waals surface area contributed by atoms with Crippen molar-refractivity contribution in [3.8, 4) is 0 Å². The normalized spacial score (nSPS) is 37.7. The molecule has 23 heavy (non-hydrogen) atoms. The largest absolute Gasteiger partial charge is 0.390 e. The number of carbonyl (C=O) groups excluding carboxylic acids is 1. The molecule has 0 aliphatic heterocycles. The zero-order valence-electron chi connectivity index (χ0n) is 12.5. The summed E-state index contributed by atoms with van der Waals surface area (Å²) in [5, 5.41) is 16.8. The predicted molar refractivity (Wildman–Crippen MR) is 85.3 cm³/mol. The van der Waals surface area contributed by atoms with Crippen LogP contribution >= 0.6 is 11.6 Å². The highest BCUT2D eigenvalue weighted by atomic mass is 35.5. The van der Waals surface area contributed by atoms with E-state index in [0.717, 1.165) is 32.1 Å². The van der Waals surface area contributed by atoms with Gasteiger partial charge in [0.25, 0.3) is 0 Å². The van der Waals surface area contributed by atoms with Crippen LogP contribution in [0.25, 0.3) is 0 Å². The molecule has 6 nitrogen and oxygen atoms in total. The predicted octanol–water partition coefficient (Wildman–Crippen LogP) is 2.99. The lowest BCUT2D eigenvalue weighted by atomic mass is 9.52. The number of hydrogen-bond acceptors (Lipinski definition) is 5. The average Bonchev–Trinajstić information content (AvgIpc) is 2.48. The van der Waals surface area contributed by atoms with E-state index in [-0.39, 0.29) is 16.8 Å². The van der Waals surface area contributed by atoms with Gasteiger partial charge in [0, 0.05) is 17.4 Å². The molecule has 122 valence electrons. The average molecular weight is 336 g/mol. The minimum absolute atomic E-state index is 0.150. The van der Waals surface area contributed by atoms with E-state index in [9.17, 15) is 14.8 Å². The molecule has 7 heteroatoms. The SMILES string of the molecule is O=NC(=O)c1cnc(Cl)cc1NC1[C@@H]2CC3C[C@H]1CC(O)(C3)C2. The number of pyridine rings is 1. The van der Waals surface area contributed by atoms with Gasteiger partial charge in [-0.05, 0) is 55.9 Å². The van der Waals surface area contributed by atoms with E-state index < -0.39 is 11.5 Å². The second kappa shape index (κ2) is 5.24. The number of nitroso groups, excluding NO2 is 1. The van der Waals surface area contributed by atoms with Crippen molar-refractivity contribution in [2.75, 3.05) is 5.32 Å². The van der Waals surface area contributed by atoms with Gasteiger partial charge in [-0.1, -0.05) is 11.6 Å². The molecule has 0 radical (unpaired) electrons. The maximum absolute atomic E-state index is 11.7. The van der Waals surface area contributed by atoms with E-state index in [1.807, 2.05) is 0 Å². The van der Waals surface area contributed by atoms with Gasteiger partial charge in [0.1, 0.15) is 5.15 Å². The highest BCUT2D eigenvalue weighted by Gasteiger charge is 2.54. The molecule has 4 fully saturated rings. The molecule has 3 unspecified atom stereocenters. The van der Waals surface area contributed by atoms with Crippen LogP contribution in [-0.4, -0.2) is 27.6 Å². The van der Waals surface area contributed by atoms with Crippen molar-refractivity contribution in [1.29, 1.82) is 0 Å². The number of nitrogens with zero attached hydrogens (tertiary/aromatic N) is 2. The summed E-state index contributed by atoms with van der Waals surface area (Å²) in [5.41, 5.74) is 0.157. The molecule has 4 bridgehead atoms. The van der Waals surface area contributed by atoms with Crippen LogP contribution in [0.2, 0.25) is 5.15 Å². The fraction of sp³-hybridized carbons (Fsp3) is 0.625. The summed E-state index contributed by atoms with van der Waals surface area (Å²) in [6.07, 6.45) is 6.01. The third kappa shape index (κ3) is 2.54. The molecule has 4 aliphatic carbocycles. The van der Waals surface area contributed by atoms with E-state index in [2.05, 4.69) is 15.5 Å². The molecule has 1 aromatic heterocycles. The van der Waals surface area contributed by atoms with Crippen molar-refractivity contribution in [3.63, 3.8) is 0 Å². The van der Waals surface area contributed by atoms with Gasteiger partial charge >= 0.3 is 5.91 Å². The number of amides is 1. The monoisotopic (exact) mass is 335 g/mol. The number of aliphatic hydroxyl groups is 1. The minimum atomic E-state index is -0.848. The van der Waals surface area contributed by atoms with E-state index in [4.69, 9.17) is 11.6 Å². The summed E-state index contributed by atoms with van der Waals surface area (Å²) in [7, 11) is 0. The Kier molecular flexibility index (Phi) is 3.43. The lowest BCUT2D eigenvalue weighted by Crippen LogP contribution is -2.59. The zero-order chi connectivity index (χ0) is 16.2. The number of rotatable bonds is 3. The maximum Gasteiger partial charge on any atom is 0.320 e. The first-order valence-electron chi connectivity index (χ1n) is 7.99. The molecule has 1 heterocycles. The second-order valence-electron chi connectivity index (χ2n) is 7.31. The van der Waals surface area contributed by atoms with Crippen LogP contribution in [0.3, 0.4) is 0 Å². The van der Waals surface area contributed by atoms with Crippen LogP contribution in [-0.2, 0) is 0 Å². The highest BCUT2D eigenvalue weighted by Crippen LogP contribution is 2.56. The molecule has 0 spiro atoms. The Bertz CT molecular complexity index is 665. The Morgan fingerprint density at radius 3 is 2.65 bits per heavy atom. The number of nitrogens with one attached hydrogen (secondary N) is 1. The molecule has 5 rings (SSSR count). The first-order valence-corrected chi connectivity index (χ1v) is 8.37. The fourth-order valence-electron chi connectivity index (χ4n) is 5.17. The quantitative estimate of drug-likeness (QED) is 0.654. The molecule has 0 saturated heterocycles. The Morgan fingerprint density at radius 2 is 2.04 bits per heavy atom. The number of halogens is 1. The fourth-order valence-corrected chi connectivity index (χ4v) is 5.32. The van der Waals surface area contributed by atoms with Crippen molar-refractivity contribution in [2.24, 2.45) is 22.9 Å². The van der Waals surface area contributed by atoms with Crippen LogP contribution in [0.5, 0.6) is 0 Å². The molecular formula is C16H18ClN3O3. The van der Waals surface area contributed by atoms with Crippen LogP contribution in [0.15, 0.2) is 17.4 Å². The summed E-state index contributed by atoms with van der Waals surface area (Å²) in [4.78, 5) is 26.2. The first-order chi connectivity index (χ1) is 11.0. The topological polar surface area (TPSA) is 91.7 Å². The molecule has 4 saturated carbocycles. The number of aromatic nitrogens is 1. The smallest absolute Gasteiger partial charge is 0.320 e. The Balaban J connectivity index is 1.63. The lowest BCUT2D eigenvalue weighted by Gasteiger charge is -2.58. The Labute approximate surface area is 138 Å². The summed E-state index contributed by atoms with van der Waals surface area (Å²) in [5.74, 6) is 0.518. The maximum atomic E-state index is 11.7. The molecule has 2 N–H and O–H groups in total. The standard InChI is InChI=1S/C16H18ClN3O3/c17-13-3-12(11(7-18-13)15(21)20-23)19-14-9-1-8-2-10(14)6-16(22,4-8)5-9/h3,7-10,14,22H,1-2,4-6H2,(H,18,19)/t8?,9-,10+,14?,16?. The van der Waals surface area contributed by atoms with Crippen molar-refractivity contribution in [3.05, 3.63) is 27.9 Å². The van der Waals surface area contributed by atoms with Crippen LogP contribution in [0, 0.1) is 22.7 Å². The van der Waals surface area contributed by atoms with Gasteiger partial charge in [-0.25, -0.2) is 4.98 Å². The van der Waals surface area contributed by atoms with Gasteiger partial charge in [-0.2, -0.15) is 0 Å². The summed E-state index contributed by atoms with van der Waals surface area (Å²) in [6, 6.07) is 1.75. The van der Waals surface area contributed by atoms with Gasteiger partial charge in [-0.3, -0.25) is 4.79 Å². The molecule has 4 aliphatic rings. The molecule has 1 aromatic rings. The van der Waals surface area contributed by atoms with Crippen LogP contribution < -0.4 is 5.32 Å². The zero-order valence-corrected chi connectivity index (χ0v) is 13.3. The van der Waals surface area contributed by atoms with E-state index >= 15 is 0 Å². The van der Waals surface area contributed by atoms with E-state index in [0.29, 0.717) is 23.4 Å². The Hall–Kier alpha value is -1.53. The van der Waals surface area contributed by atoms with Gasteiger partial charge in [0.05, 0.1) is 16.9 Å². The molecular weight excluding hydrogens is 318 g/mol. The second-order valence-corrected chi connectivity index (χ2v) is 7.70. The lowest BCUT2D eigenvalue weighted by molar-refractivity contribution is -0.129. The van der Waals surface area contributed by atoms with Gasteiger partial charge in [0.15, 0.2) is 0 Å². The van der Waals surface area contributed by atoms with Crippen molar-refractivity contribution in [2.45, 2.75) is 43.7 Å². The number of anilines is 1. The third-order valence-corrected chi connectivity index (χ3v) is 5.95. The van der Waals surface area contributed by atoms with Crippen LogP contribution in [0.4, 0.5) is 5.69 Å². The van der Waals surface area contributed by atoms with Gasteiger partial charge < -0.3 is 10.4 Å². The summed E-state index contributed by atoms with van der Waals surface area (Å²) in [6.45, 7) is 0. The first kappa shape index (κ1) is 15.0. The van der Waals surface area contributed by atoms with E-state index in [1.54, 1.807) is 6.07 Å². The van der Waals surface area contributed by atoms with Crippen molar-refractivity contribution >= 4 is 23.2 Å². The number of carbonyl (C=O) groups is 1. The van der Waals surface area contributed by atoms with Gasteiger partial charge in [-0.15, -0.1) is 4.91 Å².